The number of benzene rings is 1. The number of anilines is 1. The Kier molecular flexibility index (Phi) is 6.39. The summed E-state index contributed by atoms with van der Waals surface area (Å²) in [4.78, 5) is 17.0. The van der Waals surface area contributed by atoms with E-state index in [1.807, 2.05) is 42.6 Å². The van der Waals surface area contributed by atoms with Gasteiger partial charge in [-0.2, -0.15) is 0 Å². The minimum absolute atomic E-state index is 0.199. The summed E-state index contributed by atoms with van der Waals surface area (Å²) in [6.07, 6.45) is 3.62. The molecule has 2 aromatic rings. The van der Waals surface area contributed by atoms with Crippen LogP contribution in [-0.4, -0.2) is 30.6 Å². The van der Waals surface area contributed by atoms with Gasteiger partial charge in [0.25, 0.3) is 0 Å². The van der Waals surface area contributed by atoms with E-state index in [-0.39, 0.29) is 12.5 Å². The fraction of sp³-hybridized carbons (Fsp3) is 0.250. The topological polar surface area (TPSA) is 77.2 Å². The highest BCUT2D eigenvalue weighted by Gasteiger charge is 2.12. The molecule has 0 aliphatic carbocycles. The van der Waals surface area contributed by atoms with Crippen molar-refractivity contribution in [3.8, 4) is 0 Å². The molecule has 0 spiro atoms. The molecule has 0 bridgehead atoms. The van der Waals surface area contributed by atoms with E-state index in [1.165, 1.54) is 12.7 Å². The number of hydrogen-bond acceptors (Lipinski definition) is 5. The SMILES string of the molecule is COCC(N)C(=O)Nc1ccc(SCc2cccnc2)cc1. The second kappa shape index (κ2) is 8.53. The zero-order valence-corrected chi connectivity index (χ0v) is 13.2. The first-order chi connectivity index (χ1) is 10.7. The second-order valence-electron chi connectivity index (χ2n) is 4.73. The van der Waals surface area contributed by atoms with Gasteiger partial charge < -0.3 is 15.8 Å². The number of ether oxygens (including phenoxy) is 1. The molecule has 6 heteroatoms. The van der Waals surface area contributed by atoms with Gasteiger partial charge in [0.2, 0.25) is 5.91 Å². The lowest BCUT2D eigenvalue weighted by atomic mass is 10.2. The highest BCUT2D eigenvalue weighted by molar-refractivity contribution is 7.98. The number of nitrogens with zero attached hydrogens (tertiary/aromatic N) is 1. The molecule has 116 valence electrons. The van der Waals surface area contributed by atoms with Crippen molar-refractivity contribution in [1.29, 1.82) is 0 Å². The van der Waals surface area contributed by atoms with E-state index >= 15 is 0 Å². The van der Waals surface area contributed by atoms with Crippen LogP contribution >= 0.6 is 11.8 Å². The van der Waals surface area contributed by atoms with E-state index in [4.69, 9.17) is 10.5 Å². The quantitative estimate of drug-likeness (QED) is 0.766. The summed E-state index contributed by atoms with van der Waals surface area (Å²) in [6, 6.07) is 11.0. The number of methoxy groups -OCH3 is 1. The molecule has 0 saturated heterocycles. The van der Waals surface area contributed by atoms with E-state index in [0.29, 0.717) is 0 Å². The molecular formula is C16H19N3O2S. The Morgan fingerprint density at radius 3 is 2.77 bits per heavy atom. The molecule has 0 aliphatic rings. The number of aromatic nitrogens is 1. The van der Waals surface area contributed by atoms with Crippen molar-refractivity contribution in [1.82, 2.24) is 4.98 Å². The number of nitrogens with one attached hydrogen (secondary N) is 1. The van der Waals surface area contributed by atoms with Gasteiger partial charge in [0.15, 0.2) is 0 Å². The van der Waals surface area contributed by atoms with Gasteiger partial charge in [-0.1, -0.05) is 6.07 Å². The Morgan fingerprint density at radius 1 is 1.36 bits per heavy atom. The van der Waals surface area contributed by atoms with E-state index in [9.17, 15) is 4.79 Å². The van der Waals surface area contributed by atoms with Gasteiger partial charge in [-0.05, 0) is 35.9 Å². The Balaban J connectivity index is 1.86. The first kappa shape index (κ1) is 16.5. The zero-order chi connectivity index (χ0) is 15.8. The van der Waals surface area contributed by atoms with Crippen LogP contribution in [0.4, 0.5) is 5.69 Å². The molecule has 0 radical (unpaired) electrons. The van der Waals surface area contributed by atoms with Gasteiger partial charge in [0, 0.05) is 35.8 Å². The standard InChI is InChI=1S/C16H19N3O2S/c1-21-10-15(17)16(20)19-13-4-6-14(7-5-13)22-11-12-3-2-8-18-9-12/h2-9,15H,10-11,17H2,1H3,(H,19,20). The van der Waals surface area contributed by atoms with Gasteiger partial charge in [-0.25, -0.2) is 0 Å². The molecule has 1 amide bonds. The van der Waals surface area contributed by atoms with Crippen LogP contribution in [0.25, 0.3) is 0 Å². The molecule has 3 N–H and O–H groups in total. The molecule has 0 fully saturated rings. The summed E-state index contributed by atoms with van der Waals surface area (Å²) in [5, 5.41) is 2.76. The van der Waals surface area contributed by atoms with Gasteiger partial charge in [-0.15, -0.1) is 11.8 Å². The number of amides is 1. The van der Waals surface area contributed by atoms with Crippen LogP contribution in [0, 0.1) is 0 Å². The van der Waals surface area contributed by atoms with Gasteiger partial charge in [0.05, 0.1) is 6.61 Å². The summed E-state index contributed by atoms with van der Waals surface area (Å²) in [5.41, 5.74) is 7.57. The monoisotopic (exact) mass is 317 g/mol. The van der Waals surface area contributed by atoms with Gasteiger partial charge >= 0.3 is 0 Å². The van der Waals surface area contributed by atoms with Crippen molar-refractivity contribution in [3.63, 3.8) is 0 Å². The summed E-state index contributed by atoms with van der Waals surface area (Å²) in [5.74, 6) is 0.607. The maximum atomic E-state index is 11.8. The van der Waals surface area contributed by atoms with Crippen molar-refractivity contribution in [2.24, 2.45) is 5.73 Å². The molecule has 1 heterocycles. The molecule has 2 rings (SSSR count). The highest BCUT2D eigenvalue weighted by atomic mass is 32.2. The summed E-state index contributed by atoms with van der Waals surface area (Å²) < 4.78 is 4.86. The highest BCUT2D eigenvalue weighted by Crippen LogP contribution is 2.23. The molecular weight excluding hydrogens is 298 g/mol. The average Bonchev–Trinajstić information content (AvgIpc) is 2.55. The van der Waals surface area contributed by atoms with Crippen molar-refractivity contribution >= 4 is 23.4 Å². The summed E-state index contributed by atoms with van der Waals surface area (Å²) in [7, 11) is 1.52. The van der Waals surface area contributed by atoms with E-state index in [1.54, 1.807) is 18.0 Å². The number of carbonyl (C=O) groups excluding carboxylic acids is 1. The largest absolute Gasteiger partial charge is 0.383 e. The van der Waals surface area contributed by atoms with E-state index in [2.05, 4.69) is 10.3 Å². The summed E-state index contributed by atoms with van der Waals surface area (Å²) in [6.45, 7) is 0.199. The third-order valence-corrected chi connectivity index (χ3v) is 4.02. The van der Waals surface area contributed by atoms with Crippen molar-refractivity contribution in [3.05, 3.63) is 54.4 Å². The number of carbonyl (C=O) groups is 1. The smallest absolute Gasteiger partial charge is 0.243 e. The second-order valence-corrected chi connectivity index (χ2v) is 5.77. The molecule has 0 aliphatic heterocycles. The minimum Gasteiger partial charge on any atom is -0.383 e. The van der Waals surface area contributed by atoms with Crippen LogP contribution in [0.15, 0.2) is 53.7 Å². The maximum absolute atomic E-state index is 11.8. The average molecular weight is 317 g/mol. The van der Waals surface area contributed by atoms with Crippen molar-refractivity contribution in [2.45, 2.75) is 16.7 Å². The predicted molar refractivity (Wildman–Crippen MR) is 88.7 cm³/mol. The number of rotatable bonds is 7. The number of thioether (sulfide) groups is 1. The fourth-order valence-corrected chi connectivity index (χ4v) is 2.61. The third-order valence-electron chi connectivity index (χ3n) is 2.93. The van der Waals surface area contributed by atoms with Gasteiger partial charge in [0.1, 0.15) is 6.04 Å². The zero-order valence-electron chi connectivity index (χ0n) is 12.4. The Hall–Kier alpha value is -1.89. The Bertz CT molecular complexity index is 590. The van der Waals surface area contributed by atoms with Crippen molar-refractivity contribution in [2.75, 3.05) is 19.0 Å². The lowest BCUT2D eigenvalue weighted by Crippen LogP contribution is -2.39. The molecule has 1 unspecified atom stereocenters. The normalized spacial score (nSPS) is 11.9. The molecule has 1 atom stereocenters. The van der Waals surface area contributed by atoms with Gasteiger partial charge in [-0.3, -0.25) is 9.78 Å². The Labute approximate surface area is 134 Å². The van der Waals surface area contributed by atoms with E-state index < -0.39 is 6.04 Å². The number of nitrogens with two attached hydrogens (primary N) is 1. The third kappa shape index (κ3) is 5.14. The Morgan fingerprint density at radius 2 is 2.14 bits per heavy atom. The predicted octanol–water partition coefficient (Wildman–Crippen LogP) is 2.29. The maximum Gasteiger partial charge on any atom is 0.243 e. The lowest BCUT2D eigenvalue weighted by molar-refractivity contribution is -0.118. The molecule has 1 aromatic carbocycles. The molecule has 0 saturated carbocycles. The van der Waals surface area contributed by atoms with Crippen LogP contribution < -0.4 is 11.1 Å². The molecule has 1 aromatic heterocycles. The number of hydrogen-bond donors (Lipinski definition) is 2. The van der Waals surface area contributed by atoms with Crippen LogP contribution in [-0.2, 0) is 15.3 Å². The lowest BCUT2D eigenvalue weighted by Gasteiger charge is -2.11. The van der Waals surface area contributed by atoms with Crippen LogP contribution in [0.5, 0.6) is 0 Å². The van der Waals surface area contributed by atoms with Crippen molar-refractivity contribution < 1.29 is 9.53 Å². The van der Waals surface area contributed by atoms with Crippen LogP contribution in [0.1, 0.15) is 5.56 Å². The first-order valence-corrected chi connectivity index (χ1v) is 7.85. The van der Waals surface area contributed by atoms with Crippen LogP contribution in [0.2, 0.25) is 0 Å². The minimum atomic E-state index is -0.662. The molecule has 5 nitrogen and oxygen atoms in total. The molecule has 22 heavy (non-hydrogen) atoms. The number of pyridine rings is 1. The summed E-state index contributed by atoms with van der Waals surface area (Å²) >= 11 is 1.72. The first-order valence-electron chi connectivity index (χ1n) is 6.86. The fourth-order valence-electron chi connectivity index (χ4n) is 1.77. The van der Waals surface area contributed by atoms with E-state index in [0.717, 1.165) is 16.3 Å². The van der Waals surface area contributed by atoms with Crippen LogP contribution in [0.3, 0.4) is 0 Å².